The van der Waals surface area contributed by atoms with Gasteiger partial charge in [-0.15, -0.1) is 0 Å². The van der Waals surface area contributed by atoms with Gasteiger partial charge < -0.3 is 10.6 Å². The van der Waals surface area contributed by atoms with Crippen LogP contribution in [-0.4, -0.2) is 48.6 Å². The van der Waals surface area contributed by atoms with Crippen LogP contribution in [-0.2, 0) is 6.54 Å². The molecular weight excluding hydrogens is 234 g/mol. The Kier molecular flexibility index (Phi) is 4.97. The van der Waals surface area contributed by atoms with E-state index in [0.29, 0.717) is 0 Å². The van der Waals surface area contributed by atoms with Gasteiger partial charge in [0.25, 0.3) is 0 Å². The topological polar surface area (TPSA) is 32.5 Å². The summed E-state index contributed by atoms with van der Waals surface area (Å²) in [5.41, 5.74) is 7.67. The van der Waals surface area contributed by atoms with Crippen molar-refractivity contribution in [2.75, 3.05) is 33.2 Å². The number of likely N-dealkylation sites (tertiary alicyclic amines) is 1. The molecule has 3 heteroatoms. The van der Waals surface area contributed by atoms with E-state index in [1.807, 2.05) is 0 Å². The van der Waals surface area contributed by atoms with Crippen molar-refractivity contribution < 1.29 is 0 Å². The first-order valence-electron chi connectivity index (χ1n) is 7.38. The molecule has 0 unspecified atom stereocenters. The third kappa shape index (κ3) is 3.35. The third-order valence-corrected chi connectivity index (χ3v) is 4.69. The van der Waals surface area contributed by atoms with Crippen LogP contribution < -0.4 is 5.73 Å². The van der Waals surface area contributed by atoms with Crippen LogP contribution in [0.2, 0.25) is 0 Å². The van der Waals surface area contributed by atoms with E-state index in [2.05, 4.69) is 54.1 Å². The number of benzene rings is 1. The van der Waals surface area contributed by atoms with Crippen LogP contribution in [0, 0.1) is 0 Å². The van der Waals surface area contributed by atoms with Crippen molar-refractivity contribution in [1.82, 2.24) is 9.80 Å². The van der Waals surface area contributed by atoms with Crippen molar-refractivity contribution in [3.63, 3.8) is 0 Å². The zero-order valence-electron chi connectivity index (χ0n) is 12.3. The van der Waals surface area contributed by atoms with Gasteiger partial charge in [-0.2, -0.15) is 0 Å². The van der Waals surface area contributed by atoms with E-state index in [1.54, 1.807) is 0 Å². The molecule has 0 atom stereocenters. The van der Waals surface area contributed by atoms with Gasteiger partial charge in [-0.05, 0) is 45.1 Å². The average Bonchev–Trinajstić information content (AvgIpc) is 2.48. The molecule has 0 aliphatic carbocycles. The van der Waals surface area contributed by atoms with Crippen molar-refractivity contribution in [2.24, 2.45) is 5.73 Å². The molecule has 1 aliphatic heterocycles. The highest BCUT2D eigenvalue weighted by atomic mass is 15.2. The van der Waals surface area contributed by atoms with Crippen LogP contribution in [0.5, 0.6) is 0 Å². The van der Waals surface area contributed by atoms with Crippen molar-refractivity contribution in [1.29, 1.82) is 0 Å². The SMILES string of the molecule is CCN1CCC(CN)(N(C)Cc2ccccc2)CC1. The van der Waals surface area contributed by atoms with Crippen LogP contribution in [0.25, 0.3) is 0 Å². The highest BCUT2D eigenvalue weighted by molar-refractivity contribution is 5.15. The maximum Gasteiger partial charge on any atom is 0.0356 e. The Bertz CT molecular complexity index is 369. The summed E-state index contributed by atoms with van der Waals surface area (Å²) in [4.78, 5) is 4.99. The van der Waals surface area contributed by atoms with E-state index in [1.165, 1.54) is 31.5 Å². The van der Waals surface area contributed by atoms with Gasteiger partial charge >= 0.3 is 0 Å². The van der Waals surface area contributed by atoms with E-state index in [0.717, 1.165) is 19.6 Å². The van der Waals surface area contributed by atoms with E-state index in [-0.39, 0.29) is 5.54 Å². The fourth-order valence-electron chi connectivity index (χ4n) is 3.05. The second-order valence-electron chi connectivity index (χ2n) is 5.70. The molecule has 1 aromatic carbocycles. The Morgan fingerprint density at radius 3 is 2.37 bits per heavy atom. The molecule has 0 bridgehead atoms. The number of hydrogen-bond acceptors (Lipinski definition) is 3. The summed E-state index contributed by atoms with van der Waals surface area (Å²) >= 11 is 0. The van der Waals surface area contributed by atoms with Crippen LogP contribution in [0.1, 0.15) is 25.3 Å². The van der Waals surface area contributed by atoms with E-state index in [9.17, 15) is 0 Å². The van der Waals surface area contributed by atoms with Gasteiger partial charge in [-0.3, -0.25) is 4.90 Å². The predicted octanol–water partition coefficient (Wildman–Crippen LogP) is 1.93. The highest BCUT2D eigenvalue weighted by Crippen LogP contribution is 2.28. The Balaban J connectivity index is 2.01. The quantitative estimate of drug-likeness (QED) is 0.879. The smallest absolute Gasteiger partial charge is 0.0356 e. The first-order chi connectivity index (χ1) is 9.20. The Morgan fingerprint density at radius 2 is 1.84 bits per heavy atom. The number of likely N-dealkylation sites (N-methyl/N-ethyl adjacent to an activating group) is 1. The zero-order valence-corrected chi connectivity index (χ0v) is 12.3. The molecule has 1 fully saturated rings. The Morgan fingerprint density at radius 1 is 1.21 bits per heavy atom. The Labute approximate surface area is 117 Å². The summed E-state index contributed by atoms with van der Waals surface area (Å²) in [5, 5.41) is 0. The van der Waals surface area contributed by atoms with Gasteiger partial charge in [-0.25, -0.2) is 0 Å². The number of piperidine rings is 1. The standard InChI is InChI=1S/C16H27N3/c1-3-19-11-9-16(14-17,10-12-19)18(2)13-15-7-5-4-6-8-15/h4-8H,3,9-14,17H2,1-2H3. The highest BCUT2D eigenvalue weighted by Gasteiger charge is 2.36. The molecule has 0 aromatic heterocycles. The number of nitrogens with zero attached hydrogens (tertiary/aromatic N) is 2. The number of hydrogen-bond donors (Lipinski definition) is 1. The fraction of sp³-hybridized carbons (Fsp3) is 0.625. The maximum atomic E-state index is 6.12. The van der Waals surface area contributed by atoms with E-state index in [4.69, 9.17) is 5.73 Å². The van der Waals surface area contributed by atoms with Crippen molar-refractivity contribution in [3.05, 3.63) is 35.9 Å². The first-order valence-corrected chi connectivity index (χ1v) is 7.38. The third-order valence-electron chi connectivity index (χ3n) is 4.69. The molecule has 1 aromatic rings. The normalized spacial score (nSPS) is 19.8. The lowest BCUT2D eigenvalue weighted by Crippen LogP contribution is -2.57. The van der Waals surface area contributed by atoms with Gasteiger partial charge in [-0.1, -0.05) is 37.3 Å². The van der Waals surface area contributed by atoms with Crippen LogP contribution >= 0.6 is 0 Å². The molecule has 1 saturated heterocycles. The second-order valence-corrected chi connectivity index (χ2v) is 5.70. The van der Waals surface area contributed by atoms with Gasteiger partial charge in [0.1, 0.15) is 0 Å². The van der Waals surface area contributed by atoms with Gasteiger partial charge in [0.2, 0.25) is 0 Å². The minimum absolute atomic E-state index is 0.182. The molecule has 106 valence electrons. The van der Waals surface area contributed by atoms with Gasteiger partial charge in [0.05, 0.1) is 0 Å². The minimum atomic E-state index is 0.182. The monoisotopic (exact) mass is 261 g/mol. The lowest BCUT2D eigenvalue weighted by molar-refractivity contribution is 0.0419. The summed E-state index contributed by atoms with van der Waals surface area (Å²) in [6, 6.07) is 10.7. The summed E-state index contributed by atoms with van der Waals surface area (Å²) in [5.74, 6) is 0. The minimum Gasteiger partial charge on any atom is -0.329 e. The van der Waals surface area contributed by atoms with Crippen LogP contribution in [0.3, 0.4) is 0 Å². The molecule has 2 N–H and O–H groups in total. The molecule has 1 aliphatic rings. The average molecular weight is 261 g/mol. The van der Waals surface area contributed by atoms with E-state index < -0.39 is 0 Å². The number of rotatable bonds is 5. The molecule has 0 amide bonds. The molecule has 3 nitrogen and oxygen atoms in total. The van der Waals surface area contributed by atoms with Crippen molar-refractivity contribution in [3.8, 4) is 0 Å². The molecule has 0 spiro atoms. The van der Waals surface area contributed by atoms with Crippen LogP contribution in [0.4, 0.5) is 0 Å². The van der Waals surface area contributed by atoms with Gasteiger partial charge in [0, 0.05) is 18.6 Å². The summed E-state index contributed by atoms with van der Waals surface area (Å²) < 4.78 is 0. The predicted molar refractivity (Wildman–Crippen MR) is 81.0 cm³/mol. The molecule has 2 rings (SSSR count). The Hall–Kier alpha value is -0.900. The van der Waals surface area contributed by atoms with Gasteiger partial charge in [0.15, 0.2) is 0 Å². The zero-order chi connectivity index (χ0) is 13.7. The molecule has 19 heavy (non-hydrogen) atoms. The first kappa shape index (κ1) is 14.5. The van der Waals surface area contributed by atoms with E-state index >= 15 is 0 Å². The second kappa shape index (κ2) is 6.51. The molecule has 0 saturated carbocycles. The summed E-state index contributed by atoms with van der Waals surface area (Å²) in [6.45, 7) is 7.49. The molecular formula is C16H27N3. The fourth-order valence-corrected chi connectivity index (χ4v) is 3.05. The summed E-state index contributed by atoms with van der Waals surface area (Å²) in [7, 11) is 2.22. The molecule has 0 radical (unpaired) electrons. The maximum absolute atomic E-state index is 6.12. The number of nitrogens with two attached hydrogens (primary N) is 1. The van der Waals surface area contributed by atoms with Crippen molar-refractivity contribution >= 4 is 0 Å². The van der Waals surface area contributed by atoms with Crippen molar-refractivity contribution in [2.45, 2.75) is 31.8 Å². The van der Waals surface area contributed by atoms with Crippen LogP contribution in [0.15, 0.2) is 30.3 Å². The lowest BCUT2D eigenvalue weighted by atomic mass is 9.85. The lowest BCUT2D eigenvalue weighted by Gasteiger charge is -2.47. The summed E-state index contributed by atoms with van der Waals surface area (Å²) in [6.07, 6.45) is 2.36. The largest absolute Gasteiger partial charge is 0.329 e. The molecule has 1 heterocycles.